The summed E-state index contributed by atoms with van der Waals surface area (Å²) in [5.41, 5.74) is 2.28. The number of nitrogens with two attached hydrogens (primary N) is 1. The average Bonchev–Trinajstić information content (AvgIpc) is 2.52. The molecule has 0 saturated carbocycles. The summed E-state index contributed by atoms with van der Waals surface area (Å²) in [6.45, 7) is 0. The minimum Gasteiger partial charge on any atom is -0.350 e. The highest BCUT2D eigenvalue weighted by molar-refractivity contribution is 5.91. The molecule has 0 fully saturated rings. The van der Waals surface area contributed by atoms with Crippen LogP contribution in [-0.2, 0) is 0 Å². The second kappa shape index (κ2) is 3.30. The van der Waals surface area contributed by atoms with Gasteiger partial charge in [-0.15, -0.1) is 0 Å². The number of hydrogen-bond donors (Lipinski definition) is 3. The summed E-state index contributed by atoms with van der Waals surface area (Å²) in [4.78, 5) is 17.1. The molecule has 1 amide bonds. The van der Waals surface area contributed by atoms with Gasteiger partial charge in [-0.1, -0.05) is 5.22 Å². The normalized spacial score (nSPS) is 10.2. The quantitative estimate of drug-likeness (QED) is 0.300. The van der Waals surface area contributed by atoms with Crippen LogP contribution < -0.4 is 11.3 Å². The van der Waals surface area contributed by atoms with Crippen LogP contribution in [0.2, 0.25) is 0 Å². The number of nitrogens with zero attached hydrogens (tertiary/aromatic N) is 3. The molecule has 0 unspecified atom stereocenters. The van der Waals surface area contributed by atoms with Gasteiger partial charge < -0.3 is 10.8 Å². The van der Waals surface area contributed by atoms with Crippen LogP contribution in [0.4, 0.5) is 0 Å². The summed E-state index contributed by atoms with van der Waals surface area (Å²) in [6, 6.07) is 0. The highest BCUT2D eigenvalue weighted by atomic mass is 16.2. The third-order valence-electron chi connectivity index (χ3n) is 0.940. The van der Waals surface area contributed by atoms with Crippen LogP contribution in [0.5, 0.6) is 0 Å². The van der Waals surface area contributed by atoms with E-state index >= 15 is 0 Å². The number of H-pyrrole nitrogens is 1. The summed E-state index contributed by atoms with van der Waals surface area (Å²) in [6.07, 6.45) is 2.82. The zero-order chi connectivity index (χ0) is 8.10. The lowest BCUT2D eigenvalue weighted by atomic mass is 10.5. The van der Waals surface area contributed by atoms with Crippen LogP contribution in [0, 0.1) is 0 Å². The molecule has 0 aromatic carbocycles. The van der Waals surface area contributed by atoms with Crippen LogP contribution in [-0.4, -0.2) is 15.9 Å². The maximum atomic E-state index is 10.9. The maximum Gasteiger partial charge on any atom is 0.292 e. The predicted octanol–water partition coefficient (Wildman–Crippen LogP) is -0.620. The Morgan fingerprint density at radius 1 is 1.82 bits per heavy atom. The predicted molar refractivity (Wildman–Crippen MR) is 35.1 cm³/mol. The van der Waals surface area contributed by atoms with Crippen LogP contribution in [0.25, 0.3) is 0 Å². The molecule has 1 heterocycles. The first-order valence-corrected chi connectivity index (χ1v) is 2.73. The molecule has 11 heavy (non-hydrogen) atoms. The molecule has 4 N–H and O–H groups in total. The SMILES string of the molecule is NN=NNC(=O)c1c[nH]cn1. The lowest BCUT2D eigenvalue weighted by Crippen LogP contribution is -2.17. The minimum atomic E-state index is -0.458. The fraction of sp³-hybridized carbons (Fsp3) is 0. The van der Waals surface area contributed by atoms with E-state index < -0.39 is 5.91 Å². The van der Waals surface area contributed by atoms with Crippen molar-refractivity contribution < 1.29 is 4.79 Å². The molecule has 0 aliphatic rings. The molecule has 7 nitrogen and oxygen atoms in total. The third kappa shape index (κ3) is 1.75. The van der Waals surface area contributed by atoms with E-state index in [1.54, 1.807) is 0 Å². The van der Waals surface area contributed by atoms with Crippen molar-refractivity contribution in [2.45, 2.75) is 0 Å². The van der Waals surface area contributed by atoms with Gasteiger partial charge in [0.15, 0.2) is 0 Å². The van der Waals surface area contributed by atoms with Gasteiger partial charge in [0.25, 0.3) is 5.91 Å². The summed E-state index contributed by atoms with van der Waals surface area (Å²) in [5.74, 6) is 4.19. The number of rotatable bonds is 2. The Balaban J connectivity index is 2.56. The van der Waals surface area contributed by atoms with Gasteiger partial charge in [-0.3, -0.25) is 4.79 Å². The van der Waals surface area contributed by atoms with E-state index in [0.29, 0.717) is 0 Å². The number of aromatic amines is 1. The zero-order valence-electron chi connectivity index (χ0n) is 5.48. The first-order valence-electron chi connectivity index (χ1n) is 2.73. The molecule has 0 aliphatic carbocycles. The molecule has 0 bridgehead atoms. The monoisotopic (exact) mass is 154 g/mol. The van der Waals surface area contributed by atoms with E-state index in [4.69, 9.17) is 0 Å². The lowest BCUT2D eigenvalue weighted by molar-refractivity contribution is 0.0946. The molecule has 0 atom stereocenters. The Labute approximate surface area is 61.7 Å². The highest BCUT2D eigenvalue weighted by Crippen LogP contribution is 1.88. The Bertz CT molecular complexity index is 252. The van der Waals surface area contributed by atoms with Crippen molar-refractivity contribution in [3.63, 3.8) is 0 Å². The highest BCUT2D eigenvalue weighted by Gasteiger charge is 2.04. The number of amides is 1. The molecule has 0 radical (unpaired) electrons. The zero-order valence-corrected chi connectivity index (χ0v) is 5.48. The van der Waals surface area contributed by atoms with E-state index in [1.807, 2.05) is 5.43 Å². The first kappa shape index (κ1) is 7.19. The molecular weight excluding hydrogens is 148 g/mol. The molecular formula is C4H6N6O. The standard InChI is InChI=1S/C4H6N6O/c5-9-10-8-4(11)3-1-6-2-7-3/h1-2H,(H2,5,10)(H,6,7)(H,8,9,11). The van der Waals surface area contributed by atoms with Gasteiger partial charge in [0, 0.05) is 6.20 Å². The maximum absolute atomic E-state index is 10.9. The number of imidazole rings is 1. The van der Waals surface area contributed by atoms with Gasteiger partial charge in [0.05, 0.1) is 6.33 Å². The second-order valence-electron chi connectivity index (χ2n) is 1.61. The Hall–Kier alpha value is -1.92. The largest absolute Gasteiger partial charge is 0.350 e. The molecule has 1 aromatic heterocycles. The fourth-order valence-corrected chi connectivity index (χ4v) is 0.516. The van der Waals surface area contributed by atoms with Gasteiger partial charge in [0.1, 0.15) is 5.69 Å². The third-order valence-corrected chi connectivity index (χ3v) is 0.940. The van der Waals surface area contributed by atoms with Crippen LogP contribution in [0.3, 0.4) is 0 Å². The summed E-state index contributed by atoms with van der Waals surface area (Å²) in [7, 11) is 0. The molecule has 58 valence electrons. The van der Waals surface area contributed by atoms with Crippen molar-refractivity contribution in [3.05, 3.63) is 18.2 Å². The van der Waals surface area contributed by atoms with Crippen molar-refractivity contribution in [1.29, 1.82) is 0 Å². The fourth-order valence-electron chi connectivity index (χ4n) is 0.516. The molecule has 0 aliphatic heterocycles. The lowest BCUT2D eigenvalue weighted by Gasteiger charge is -1.89. The molecule has 7 heteroatoms. The van der Waals surface area contributed by atoms with E-state index in [1.165, 1.54) is 12.5 Å². The van der Waals surface area contributed by atoms with E-state index in [-0.39, 0.29) is 5.69 Å². The van der Waals surface area contributed by atoms with E-state index in [2.05, 4.69) is 26.3 Å². The molecule has 0 saturated heterocycles. The topological polar surface area (TPSA) is 109 Å². The van der Waals surface area contributed by atoms with Gasteiger partial charge in [-0.05, 0) is 5.22 Å². The van der Waals surface area contributed by atoms with Gasteiger partial charge in [0.2, 0.25) is 0 Å². The number of nitrogens with one attached hydrogen (secondary N) is 2. The van der Waals surface area contributed by atoms with E-state index in [9.17, 15) is 4.79 Å². The van der Waals surface area contributed by atoms with Gasteiger partial charge >= 0.3 is 0 Å². The van der Waals surface area contributed by atoms with Crippen molar-refractivity contribution in [1.82, 2.24) is 15.4 Å². The molecule has 1 rings (SSSR count). The molecule has 0 spiro atoms. The number of carbonyl (C=O) groups is 1. The summed E-state index contributed by atoms with van der Waals surface area (Å²) in [5, 5.41) is 5.92. The first-order chi connectivity index (χ1) is 5.34. The van der Waals surface area contributed by atoms with Crippen LogP contribution >= 0.6 is 0 Å². The van der Waals surface area contributed by atoms with Gasteiger partial charge in [-0.25, -0.2) is 10.4 Å². The Kier molecular flexibility index (Phi) is 2.16. The number of carbonyl (C=O) groups excluding carboxylic acids is 1. The Morgan fingerprint density at radius 3 is 3.18 bits per heavy atom. The summed E-state index contributed by atoms with van der Waals surface area (Å²) >= 11 is 0. The second-order valence-corrected chi connectivity index (χ2v) is 1.61. The molecule has 1 aromatic rings. The number of hydrogen-bond acceptors (Lipinski definition) is 4. The van der Waals surface area contributed by atoms with Crippen molar-refractivity contribution >= 4 is 5.91 Å². The van der Waals surface area contributed by atoms with Crippen LogP contribution in [0.1, 0.15) is 10.5 Å². The van der Waals surface area contributed by atoms with Gasteiger partial charge in [-0.2, -0.15) is 0 Å². The Morgan fingerprint density at radius 2 is 2.64 bits per heavy atom. The van der Waals surface area contributed by atoms with Crippen molar-refractivity contribution in [2.75, 3.05) is 0 Å². The number of aromatic nitrogens is 2. The average molecular weight is 154 g/mol. The minimum absolute atomic E-state index is 0.234. The smallest absolute Gasteiger partial charge is 0.292 e. The van der Waals surface area contributed by atoms with Crippen molar-refractivity contribution in [2.24, 2.45) is 16.3 Å². The van der Waals surface area contributed by atoms with E-state index in [0.717, 1.165) is 0 Å². The summed E-state index contributed by atoms with van der Waals surface area (Å²) < 4.78 is 0. The van der Waals surface area contributed by atoms with Crippen molar-refractivity contribution in [3.8, 4) is 0 Å². The van der Waals surface area contributed by atoms with Crippen LogP contribution in [0.15, 0.2) is 23.0 Å².